The Bertz CT molecular complexity index is 425. The van der Waals surface area contributed by atoms with Crippen molar-refractivity contribution in [2.75, 3.05) is 0 Å². The molecule has 5 heteroatoms. The van der Waals surface area contributed by atoms with E-state index in [1.807, 2.05) is 7.05 Å². The molecule has 2 rings (SSSR count). The Hall–Kier alpha value is -1.36. The van der Waals surface area contributed by atoms with Gasteiger partial charge in [0, 0.05) is 18.3 Å². The van der Waals surface area contributed by atoms with E-state index in [-0.39, 0.29) is 6.42 Å². The topological polar surface area (TPSA) is 75.3 Å². The summed E-state index contributed by atoms with van der Waals surface area (Å²) >= 11 is 0. The average molecular weight is 210 g/mol. The number of aryl methyl sites for hydroxylation is 2. The first-order chi connectivity index (χ1) is 6.94. The second-order valence-corrected chi connectivity index (χ2v) is 4.13. The van der Waals surface area contributed by atoms with Crippen LogP contribution in [0.1, 0.15) is 29.8 Å². The van der Waals surface area contributed by atoms with E-state index >= 15 is 0 Å². The molecule has 0 fully saturated rings. The molecule has 0 aliphatic heterocycles. The third kappa shape index (κ3) is 1.43. The summed E-state index contributed by atoms with van der Waals surface area (Å²) in [5.41, 5.74) is 1.18. The number of hydrogen-bond acceptors (Lipinski definition) is 3. The molecule has 0 radical (unpaired) electrons. The molecule has 82 valence electrons. The highest BCUT2D eigenvalue weighted by Gasteiger charge is 2.42. The molecule has 1 aliphatic carbocycles. The molecule has 1 heterocycles. The van der Waals surface area contributed by atoms with Gasteiger partial charge in [-0.2, -0.15) is 5.10 Å². The molecular formula is C10H14N2O3. The fourth-order valence-electron chi connectivity index (χ4n) is 2.48. The van der Waals surface area contributed by atoms with Crippen molar-refractivity contribution in [2.45, 2.75) is 31.8 Å². The lowest BCUT2D eigenvalue weighted by Gasteiger charge is -2.20. The van der Waals surface area contributed by atoms with Crippen molar-refractivity contribution in [2.24, 2.45) is 7.05 Å². The number of aliphatic hydroxyl groups is 1. The highest BCUT2D eigenvalue weighted by molar-refractivity contribution is 5.69. The van der Waals surface area contributed by atoms with E-state index in [1.54, 1.807) is 11.6 Å². The number of carbonyl (C=O) groups is 1. The maximum absolute atomic E-state index is 10.7. The van der Waals surface area contributed by atoms with Crippen molar-refractivity contribution < 1.29 is 15.0 Å². The number of carboxylic acid groups (broad SMARTS) is 1. The molecule has 0 saturated heterocycles. The molecule has 1 aliphatic rings. The van der Waals surface area contributed by atoms with E-state index in [9.17, 15) is 9.90 Å². The van der Waals surface area contributed by atoms with E-state index in [0.717, 1.165) is 11.4 Å². The first-order valence-electron chi connectivity index (χ1n) is 4.91. The van der Waals surface area contributed by atoms with Crippen LogP contribution in [0.3, 0.4) is 0 Å². The fourth-order valence-corrected chi connectivity index (χ4v) is 2.48. The maximum atomic E-state index is 10.7. The van der Waals surface area contributed by atoms with Crippen LogP contribution in [0, 0.1) is 6.92 Å². The molecule has 1 aromatic heterocycles. The molecule has 2 N–H and O–H groups in total. The summed E-state index contributed by atoms with van der Waals surface area (Å²) in [5, 5.41) is 23.2. The van der Waals surface area contributed by atoms with Gasteiger partial charge < -0.3 is 10.2 Å². The van der Waals surface area contributed by atoms with Gasteiger partial charge >= 0.3 is 5.97 Å². The Morgan fingerprint density at radius 1 is 1.67 bits per heavy atom. The highest BCUT2D eigenvalue weighted by atomic mass is 16.4. The first-order valence-corrected chi connectivity index (χ1v) is 4.91. The zero-order valence-corrected chi connectivity index (χ0v) is 8.82. The van der Waals surface area contributed by atoms with Crippen LogP contribution < -0.4 is 0 Å². The molecule has 0 bridgehead atoms. The van der Waals surface area contributed by atoms with Crippen molar-refractivity contribution in [3.63, 3.8) is 0 Å². The number of fused-ring (bicyclic) bond motifs is 1. The molecule has 0 amide bonds. The predicted molar refractivity (Wildman–Crippen MR) is 52.4 cm³/mol. The van der Waals surface area contributed by atoms with Crippen molar-refractivity contribution in [1.82, 2.24) is 9.78 Å². The van der Waals surface area contributed by atoms with E-state index in [1.165, 1.54) is 0 Å². The molecule has 0 spiro atoms. The minimum Gasteiger partial charge on any atom is -0.481 e. The summed E-state index contributed by atoms with van der Waals surface area (Å²) in [6.07, 6.45) is 0.921. The van der Waals surface area contributed by atoms with Crippen molar-refractivity contribution in [1.29, 1.82) is 0 Å². The van der Waals surface area contributed by atoms with Gasteiger partial charge in [-0.05, 0) is 19.8 Å². The molecular weight excluding hydrogens is 196 g/mol. The number of nitrogens with zero attached hydrogens (tertiary/aromatic N) is 2. The summed E-state index contributed by atoms with van der Waals surface area (Å²) in [4.78, 5) is 10.7. The second-order valence-electron chi connectivity index (χ2n) is 4.13. The average Bonchev–Trinajstić information content (AvgIpc) is 2.54. The van der Waals surface area contributed by atoms with Crippen LogP contribution in [0.2, 0.25) is 0 Å². The fraction of sp³-hybridized carbons (Fsp3) is 0.600. The third-order valence-corrected chi connectivity index (χ3v) is 3.03. The van der Waals surface area contributed by atoms with Crippen LogP contribution in [0.25, 0.3) is 0 Å². The van der Waals surface area contributed by atoms with Crippen LogP contribution in [-0.2, 0) is 23.9 Å². The van der Waals surface area contributed by atoms with E-state index in [2.05, 4.69) is 5.10 Å². The van der Waals surface area contributed by atoms with E-state index < -0.39 is 11.6 Å². The quantitative estimate of drug-likeness (QED) is 0.738. The highest BCUT2D eigenvalue weighted by Crippen LogP contribution is 2.40. The summed E-state index contributed by atoms with van der Waals surface area (Å²) in [7, 11) is 1.82. The summed E-state index contributed by atoms with van der Waals surface area (Å²) < 4.78 is 1.73. The standard InChI is InChI=1S/C10H14N2O3/c1-6-9-7(12(2)11-6)3-4-10(9,15)5-8(13)14/h15H,3-5H2,1-2H3,(H,13,14). The number of aromatic nitrogens is 2. The van der Waals surface area contributed by atoms with E-state index in [4.69, 9.17) is 5.11 Å². The van der Waals surface area contributed by atoms with Crippen LogP contribution in [0.4, 0.5) is 0 Å². The van der Waals surface area contributed by atoms with Gasteiger partial charge in [-0.3, -0.25) is 9.48 Å². The molecule has 1 aromatic rings. The molecule has 0 aromatic carbocycles. The minimum absolute atomic E-state index is 0.244. The molecule has 1 unspecified atom stereocenters. The predicted octanol–water partition coefficient (Wildman–Crippen LogP) is 0.337. The smallest absolute Gasteiger partial charge is 0.306 e. The van der Waals surface area contributed by atoms with Gasteiger partial charge in [0.15, 0.2) is 0 Å². The Labute approximate surface area is 87.3 Å². The lowest BCUT2D eigenvalue weighted by molar-refractivity contribution is -0.142. The Morgan fingerprint density at radius 3 is 2.93 bits per heavy atom. The van der Waals surface area contributed by atoms with Crippen LogP contribution >= 0.6 is 0 Å². The van der Waals surface area contributed by atoms with Crippen LogP contribution in [-0.4, -0.2) is 26.0 Å². The zero-order valence-electron chi connectivity index (χ0n) is 8.82. The van der Waals surface area contributed by atoms with E-state index in [0.29, 0.717) is 18.4 Å². The van der Waals surface area contributed by atoms with Crippen molar-refractivity contribution >= 4 is 5.97 Å². The molecule has 0 saturated carbocycles. The summed E-state index contributed by atoms with van der Waals surface area (Å²) in [6.45, 7) is 1.80. The number of carboxylic acids is 1. The second kappa shape index (κ2) is 3.06. The third-order valence-electron chi connectivity index (χ3n) is 3.03. The minimum atomic E-state index is -1.22. The Balaban J connectivity index is 2.46. The normalized spacial score (nSPS) is 24.2. The summed E-state index contributed by atoms with van der Waals surface area (Å²) in [5.74, 6) is -0.978. The SMILES string of the molecule is Cc1nn(C)c2c1C(O)(CC(=O)O)CC2. The number of hydrogen-bond donors (Lipinski definition) is 2. The van der Waals surface area contributed by atoms with Gasteiger partial charge in [0.05, 0.1) is 12.1 Å². The van der Waals surface area contributed by atoms with Gasteiger partial charge in [-0.1, -0.05) is 0 Å². The van der Waals surface area contributed by atoms with Crippen LogP contribution in [0.5, 0.6) is 0 Å². The van der Waals surface area contributed by atoms with Gasteiger partial charge in [-0.15, -0.1) is 0 Å². The van der Waals surface area contributed by atoms with Crippen molar-refractivity contribution in [3.8, 4) is 0 Å². The lowest BCUT2D eigenvalue weighted by Crippen LogP contribution is -2.26. The molecule has 15 heavy (non-hydrogen) atoms. The Morgan fingerprint density at radius 2 is 2.33 bits per heavy atom. The summed E-state index contributed by atoms with van der Waals surface area (Å²) in [6, 6.07) is 0. The van der Waals surface area contributed by atoms with Gasteiger partial charge in [0.2, 0.25) is 0 Å². The number of rotatable bonds is 2. The van der Waals surface area contributed by atoms with Gasteiger partial charge in [0.1, 0.15) is 5.60 Å². The maximum Gasteiger partial charge on any atom is 0.306 e. The first kappa shape index (κ1) is 10.2. The lowest BCUT2D eigenvalue weighted by atomic mass is 9.92. The van der Waals surface area contributed by atoms with Crippen LogP contribution in [0.15, 0.2) is 0 Å². The molecule has 5 nitrogen and oxygen atoms in total. The van der Waals surface area contributed by atoms with Gasteiger partial charge in [-0.25, -0.2) is 0 Å². The Kier molecular flexibility index (Phi) is 2.08. The zero-order chi connectivity index (χ0) is 11.2. The monoisotopic (exact) mass is 210 g/mol. The number of aliphatic carboxylic acids is 1. The largest absolute Gasteiger partial charge is 0.481 e. The van der Waals surface area contributed by atoms with Crippen molar-refractivity contribution in [3.05, 3.63) is 17.0 Å². The molecule has 1 atom stereocenters. The van der Waals surface area contributed by atoms with Gasteiger partial charge in [0.25, 0.3) is 0 Å².